The number of carbonyl (C=O) groups excluding carboxylic acids is 1. The van der Waals surface area contributed by atoms with E-state index in [2.05, 4.69) is 51.2 Å². The van der Waals surface area contributed by atoms with E-state index in [-0.39, 0.29) is 17.2 Å². The third-order valence-electron chi connectivity index (χ3n) is 3.57. The molecule has 1 saturated heterocycles. The van der Waals surface area contributed by atoms with Crippen LogP contribution in [0.15, 0.2) is 18.2 Å². The van der Waals surface area contributed by atoms with Crippen LogP contribution in [0.2, 0.25) is 0 Å². The van der Waals surface area contributed by atoms with Crippen LogP contribution in [-0.2, 0) is 10.2 Å². The minimum absolute atomic E-state index is 0.0531. The molecule has 1 aromatic carbocycles. The molecule has 0 aromatic heterocycles. The van der Waals surface area contributed by atoms with Crippen molar-refractivity contribution < 1.29 is 4.79 Å². The highest BCUT2D eigenvalue weighted by Crippen LogP contribution is 2.31. The van der Waals surface area contributed by atoms with Crippen LogP contribution in [-0.4, -0.2) is 12.5 Å². The van der Waals surface area contributed by atoms with Gasteiger partial charge in [-0.2, -0.15) is 0 Å². The molecule has 0 spiro atoms. The topological polar surface area (TPSA) is 29.1 Å². The van der Waals surface area contributed by atoms with Gasteiger partial charge < -0.3 is 5.32 Å². The number of aryl methyl sites for hydroxylation is 1. The smallest absolute Gasteiger partial charge is 0.227 e. The first-order valence-electron chi connectivity index (χ1n) is 6.28. The number of benzene rings is 1. The Labute approximate surface area is 103 Å². The predicted molar refractivity (Wildman–Crippen MR) is 70.2 cm³/mol. The summed E-state index contributed by atoms with van der Waals surface area (Å²) >= 11 is 0. The summed E-state index contributed by atoms with van der Waals surface area (Å²) in [5.74, 6) is 0.233. The normalized spacial score (nSPS) is 20.5. The Kier molecular flexibility index (Phi) is 2.98. The first-order chi connectivity index (χ1) is 7.89. The van der Waals surface area contributed by atoms with Crippen LogP contribution in [0.3, 0.4) is 0 Å². The van der Waals surface area contributed by atoms with Gasteiger partial charge in [0, 0.05) is 6.54 Å². The highest BCUT2D eigenvalue weighted by atomic mass is 16.2. The van der Waals surface area contributed by atoms with Crippen LogP contribution in [0, 0.1) is 6.92 Å². The van der Waals surface area contributed by atoms with Gasteiger partial charge in [-0.15, -0.1) is 0 Å². The van der Waals surface area contributed by atoms with Gasteiger partial charge in [-0.1, -0.05) is 39.0 Å². The minimum atomic E-state index is 0.0531. The summed E-state index contributed by atoms with van der Waals surface area (Å²) < 4.78 is 0. The summed E-state index contributed by atoms with van der Waals surface area (Å²) in [5.41, 5.74) is 3.86. The Balaban J connectivity index is 2.42. The second-order valence-electron chi connectivity index (χ2n) is 5.95. The fraction of sp³-hybridized carbons (Fsp3) is 0.533. The monoisotopic (exact) mass is 231 g/mol. The maximum absolute atomic E-state index is 11.8. The zero-order valence-corrected chi connectivity index (χ0v) is 11.1. The second kappa shape index (κ2) is 4.17. The zero-order chi connectivity index (χ0) is 12.6. The molecule has 1 unspecified atom stereocenters. The Morgan fingerprint density at radius 1 is 1.29 bits per heavy atom. The van der Waals surface area contributed by atoms with Crippen LogP contribution < -0.4 is 5.32 Å². The van der Waals surface area contributed by atoms with Gasteiger partial charge in [0.05, 0.1) is 5.92 Å². The Morgan fingerprint density at radius 3 is 2.53 bits per heavy atom. The molecule has 1 fully saturated rings. The molecule has 0 bridgehead atoms. The summed E-state index contributed by atoms with van der Waals surface area (Å²) in [5, 5.41) is 2.91. The Hall–Kier alpha value is -1.31. The van der Waals surface area contributed by atoms with Crippen LogP contribution >= 0.6 is 0 Å². The summed E-state index contributed by atoms with van der Waals surface area (Å²) in [7, 11) is 0. The number of rotatable bonds is 1. The van der Waals surface area contributed by atoms with E-state index >= 15 is 0 Å². The summed E-state index contributed by atoms with van der Waals surface area (Å²) in [6, 6.07) is 6.53. The molecule has 17 heavy (non-hydrogen) atoms. The molecule has 1 heterocycles. The fourth-order valence-corrected chi connectivity index (χ4v) is 2.37. The summed E-state index contributed by atoms with van der Waals surface area (Å²) in [6.07, 6.45) is 0.924. The van der Waals surface area contributed by atoms with Gasteiger partial charge in [-0.25, -0.2) is 0 Å². The molecule has 0 radical (unpaired) electrons. The average Bonchev–Trinajstić information content (AvgIpc) is 2.63. The molecule has 1 amide bonds. The van der Waals surface area contributed by atoms with Crippen molar-refractivity contribution in [2.75, 3.05) is 6.54 Å². The van der Waals surface area contributed by atoms with Gasteiger partial charge in [0.1, 0.15) is 0 Å². The molecule has 0 aliphatic carbocycles. The molecule has 1 aliphatic heterocycles. The lowest BCUT2D eigenvalue weighted by Gasteiger charge is -2.22. The van der Waals surface area contributed by atoms with Crippen molar-refractivity contribution in [3.05, 3.63) is 34.9 Å². The molecule has 1 aromatic rings. The average molecular weight is 231 g/mol. The van der Waals surface area contributed by atoms with Gasteiger partial charge >= 0.3 is 0 Å². The third kappa shape index (κ3) is 2.36. The quantitative estimate of drug-likeness (QED) is 0.791. The maximum Gasteiger partial charge on any atom is 0.227 e. The van der Waals surface area contributed by atoms with E-state index in [1.807, 2.05) is 0 Å². The molecule has 92 valence electrons. The Morgan fingerprint density at radius 2 is 2.00 bits per heavy atom. The lowest BCUT2D eigenvalue weighted by atomic mass is 9.83. The van der Waals surface area contributed by atoms with E-state index in [1.165, 1.54) is 16.7 Å². The van der Waals surface area contributed by atoms with Crippen LogP contribution in [0.4, 0.5) is 0 Å². The van der Waals surface area contributed by atoms with Crippen LogP contribution in [0.5, 0.6) is 0 Å². The molecule has 0 saturated carbocycles. The SMILES string of the molecule is Cc1ccc(C(C)(C)C)cc1C1CCNC1=O. The van der Waals surface area contributed by atoms with Crippen molar-refractivity contribution in [3.8, 4) is 0 Å². The molecule has 1 atom stereocenters. The molecule has 2 rings (SSSR count). The number of nitrogens with one attached hydrogen (secondary N) is 1. The minimum Gasteiger partial charge on any atom is -0.356 e. The summed E-state index contributed by atoms with van der Waals surface area (Å²) in [6.45, 7) is 9.51. The number of carbonyl (C=O) groups is 1. The van der Waals surface area contributed by atoms with E-state index in [9.17, 15) is 4.79 Å². The largest absolute Gasteiger partial charge is 0.356 e. The van der Waals surface area contributed by atoms with Gasteiger partial charge in [-0.3, -0.25) is 4.79 Å². The molecule has 1 aliphatic rings. The standard InChI is InChI=1S/C15H21NO/c1-10-5-6-11(15(2,3)4)9-13(10)12-7-8-16-14(12)17/h5-6,9,12H,7-8H2,1-4H3,(H,16,17). The third-order valence-corrected chi connectivity index (χ3v) is 3.57. The second-order valence-corrected chi connectivity index (χ2v) is 5.95. The zero-order valence-electron chi connectivity index (χ0n) is 11.1. The molecular formula is C15H21NO. The molecular weight excluding hydrogens is 210 g/mol. The van der Waals surface area contributed by atoms with E-state index in [1.54, 1.807) is 0 Å². The highest BCUT2D eigenvalue weighted by Gasteiger charge is 2.28. The van der Waals surface area contributed by atoms with Crippen molar-refractivity contribution in [3.63, 3.8) is 0 Å². The molecule has 2 nitrogen and oxygen atoms in total. The van der Waals surface area contributed by atoms with Gasteiger partial charge in [0.25, 0.3) is 0 Å². The lowest BCUT2D eigenvalue weighted by Crippen LogP contribution is -2.19. The fourth-order valence-electron chi connectivity index (χ4n) is 2.37. The Bertz CT molecular complexity index is 443. The highest BCUT2D eigenvalue weighted by molar-refractivity contribution is 5.86. The van der Waals surface area contributed by atoms with Crippen molar-refractivity contribution in [2.24, 2.45) is 0 Å². The van der Waals surface area contributed by atoms with Gasteiger partial charge in [0.2, 0.25) is 5.91 Å². The first kappa shape index (κ1) is 12.2. The number of hydrogen-bond donors (Lipinski definition) is 1. The van der Waals surface area contributed by atoms with E-state index in [0.29, 0.717) is 0 Å². The number of hydrogen-bond acceptors (Lipinski definition) is 1. The van der Waals surface area contributed by atoms with Crippen molar-refractivity contribution in [1.29, 1.82) is 0 Å². The first-order valence-corrected chi connectivity index (χ1v) is 6.28. The van der Waals surface area contributed by atoms with E-state index < -0.39 is 0 Å². The van der Waals surface area contributed by atoms with Crippen LogP contribution in [0.25, 0.3) is 0 Å². The molecule has 2 heteroatoms. The van der Waals surface area contributed by atoms with Gasteiger partial charge in [-0.05, 0) is 35.4 Å². The van der Waals surface area contributed by atoms with Crippen molar-refractivity contribution in [2.45, 2.75) is 45.4 Å². The molecule has 1 N–H and O–H groups in total. The van der Waals surface area contributed by atoms with Crippen molar-refractivity contribution >= 4 is 5.91 Å². The maximum atomic E-state index is 11.8. The lowest BCUT2D eigenvalue weighted by molar-refractivity contribution is -0.120. The van der Waals surface area contributed by atoms with E-state index in [4.69, 9.17) is 0 Å². The van der Waals surface area contributed by atoms with Gasteiger partial charge in [0.15, 0.2) is 0 Å². The van der Waals surface area contributed by atoms with Crippen molar-refractivity contribution in [1.82, 2.24) is 5.32 Å². The van der Waals surface area contributed by atoms with E-state index in [0.717, 1.165) is 13.0 Å². The predicted octanol–water partition coefficient (Wildman–Crippen LogP) is 2.90. The summed E-state index contributed by atoms with van der Waals surface area (Å²) in [4.78, 5) is 11.8. The van der Waals surface area contributed by atoms with Crippen LogP contribution in [0.1, 0.15) is 49.8 Å². The number of amides is 1.